The second kappa shape index (κ2) is 5.70. The van der Waals surface area contributed by atoms with Crippen molar-refractivity contribution in [3.8, 4) is 0 Å². The Hall–Kier alpha value is -1.09. The third-order valence-electron chi connectivity index (χ3n) is 3.39. The lowest BCUT2D eigenvalue weighted by atomic mass is 9.78. The van der Waals surface area contributed by atoms with Gasteiger partial charge in [0.2, 0.25) is 0 Å². The summed E-state index contributed by atoms with van der Waals surface area (Å²) in [6.45, 7) is 9.32. The molecule has 1 aliphatic rings. The molecule has 0 fully saturated rings. The fraction of sp³-hybridized carbons (Fsp3) is 0.667. The predicted molar refractivity (Wildman–Crippen MR) is 72.1 cm³/mol. The Labute approximate surface area is 110 Å². The van der Waals surface area contributed by atoms with Crippen LogP contribution < -0.4 is 0 Å². The first kappa shape index (κ1) is 15.0. The van der Waals surface area contributed by atoms with E-state index < -0.39 is 5.60 Å². The lowest BCUT2D eigenvalue weighted by Gasteiger charge is -2.35. The van der Waals surface area contributed by atoms with E-state index in [1.165, 1.54) is 6.08 Å². The number of aliphatic hydroxyl groups is 1. The van der Waals surface area contributed by atoms with Crippen LogP contribution in [0.15, 0.2) is 23.3 Å². The maximum atomic E-state index is 11.6. The maximum absolute atomic E-state index is 11.6. The second-order valence-electron chi connectivity index (χ2n) is 5.92. The molecule has 0 aromatic heterocycles. The van der Waals surface area contributed by atoms with Crippen LogP contribution in [0, 0.1) is 5.92 Å². The molecule has 0 aromatic carbocycles. The normalized spacial score (nSPS) is 24.2. The fourth-order valence-corrected chi connectivity index (χ4v) is 2.13. The Morgan fingerprint density at radius 3 is 2.61 bits per heavy atom. The highest BCUT2D eigenvalue weighted by molar-refractivity contribution is 5.82. The van der Waals surface area contributed by atoms with Crippen molar-refractivity contribution in [2.45, 2.75) is 59.2 Å². The first-order chi connectivity index (χ1) is 8.20. The zero-order valence-corrected chi connectivity index (χ0v) is 12.0. The number of esters is 1. The van der Waals surface area contributed by atoms with Crippen LogP contribution in [0.25, 0.3) is 0 Å². The molecule has 102 valence electrons. The van der Waals surface area contributed by atoms with Crippen LogP contribution in [0.2, 0.25) is 0 Å². The van der Waals surface area contributed by atoms with Gasteiger partial charge in [-0.25, -0.2) is 4.79 Å². The van der Waals surface area contributed by atoms with E-state index in [-0.39, 0.29) is 18.0 Å². The first-order valence-electron chi connectivity index (χ1n) is 6.44. The van der Waals surface area contributed by atoms with Gasteiger partial charge in [-0.15, -0.1) is 0 Å². The maximum Gasteiger partial charge on any atom is 0.331 e. The quantitative estimate of drug-likeness (QED) is 0.477. The van der Waals surface area contributed by atoms with Gasteiger partial charge in [0, 0.05) is 6.08 Å². The van der Waals surface area contributed by atoms with Crippen molar-refractivity contribution in [1.29, 1.82) is 0 Å². The van der Waals surface area contributed by atoms with Gasteiger partial charge in [0.1, 0.15) is 6.10 Å². The zero-order chi connectivity index (χ0) is 13.9. The number of rotatable bonds is 3. The SMILES string of the molecule is CC(C)=CC(=O)OC1CC(C(C)(C)O)CC=C1C. The summed E-state index contributed by atoms with van der Waals surface area (Å²) in [5.41, 5.74) is 1.26. The molecule has 0 saturated heterocycles. The van der Waals surface area contributed by atoms with E-state index in [0.717, 1.165) is 17.6 Å². The molecule has 0 spiro atoms. The van der Waals surface area contributed by atoms with E-state index in [1.807, 2.05) is 20.8 Å². The zero-order valence-electron chi connectivity index (χ0n) is 12.0. The first-order valence-corrected chi connectivity index (χ1v) is 6.44. The third-order valence-corrected chi connectivity index (χ3v) is 3.39. The summed E-state index contributed by atoms with van der Waals surface area (Å²) < 4.78 is 5.45. The Balaban J connectivity index is 2.71. The summed E-state index contributed by atoms with van der Waals surface area (Å²) in [7, 11) is 0. The van der Waals surface area contributed by atoms with Gasteiger partial charge < -0.3 is 9.84 Å². The van der Waals surface area contributed by atoms with Crippen LogP contribution in [-0.2, 0) is 9.53 Å². The van der Waals surface area contributed by atoms with Crippen LogP contribution in [0.1, 0.15) is 47.5 Å². The van der Waals surface area contributed by atoms with Crippen molar-refractivity contribution in [1.82, 2.24) is 0 Å². The van der Waals surface area contributed by atoms with Crippen molar-refractivity contribution in [3.63, 3.8) is 0 Å². The Bertz CT molecular complexity index is 368. The number of hydrogen-bond acceptors (Lipinski definition) is 3. The van der Waals surface area contributed by atoms with Gasteiger partial charge in [0.25, 0.3) is 0 Å². The molecule has 1 N–H and O–H groups in total. The lowest BCUT2D eigenvalue weighted by molar-refractivity contribution is -0.143. The molecule has 1 rings (SSSR count). The van der Waals surface area contributed by atoms with Gasteiger partial charge in [-0.3, -0.25) is 0 Å². The minimum Gasteiger partial charge on any atom is -0.455 e. The van der Waals surface area contributed by atoms with Crippen molar-refractivity contribution < 1.29 is 14.6 Å². The average molecular weight is 252 g/mol. The molecule has 1 aliphatic carbocycles. The van der Waals surface area contributed by atoms with Gasteiger partial charge in [0.05, 0.1) is 5.60 Å². The summed E-state index contributed by atoms with van der Waals surface area (Å²) in [4.78, 5) is 11.6. The fourth-order valence-electron chi connectivity index (χ4n) is 2.13. The molecular weight excluding hydrogens is 228 g/mol. The Morgan fingerprint density at radius 1 is 1.50 bits per heavy atom. The summed E-state index contributed by atoms with van der Waals surface area (Å²) in [6.07, 6.45) is 4.88. The highest BCUT2D eigenvalue weighted by Crippen LogP contribution is 2.33. The second-order valence-corrected chi connectivity index (χ2v) is 5.92. The molecule has 0 aliphatic heterocycles. The van der Waals surface area contributed by atoms with Gasteiger partial charge in [-0.05, 0) is 59.0 Å². The molecule has 0 radical (unpaired) electrons. The lowest BCUT2D eigenvalue weighted by Crippen LogP contribution is -2.37. The summed E-state index contributed by atoms with van der Waals surface area (Å²) >= 11 is 0. The van der Waals surface area contributed by atoms with E-state index in [1.54, 1.807) is 13.8 Å². The van der Waals surface area contributed by atoms with E-state index >= 15 is 0 Å². The molecule has 2 unspecified atom stereocenters. The average Bonchev–Trinajstić information content (AvgIpc) is 2.18. The van der Waals surface area contributed by atoms with Crippen LogP contribution in [0.5, 0.6) is 0 Å². The molecule has 18 heavy (non-hydrogen) atoms. The molecule has 0 heterocycles. The summed E-state index contributed by atoms with van der Waals surface area (Å²) in [6, 6.07) is 0. The number of carbonyl (C=O) groups is 1. The highest BCUT2D eigenvalue weighted by atomic mass is 16.5. The molecule has 0 aromatic rings. The molecule has 0 saturated carbocycles. The van der Waals surface area contributed by atoms with E-state index in [4.69, 9.17) is 4.74 Å². The Morgan fingerprint density at radius 2 is 2.11 bits per heavy atom. The minimum atomic E-state index is -0.738. The molecular formula is C15H24O3. The smallest absolute Gasteiger partial charge is 0.331 e. The number of allylic oxidation sites excluding steroid dienone is 2. The van der Waals surface area contributed by atoms with Crippen LogP contribution >= 0.6 is 0 Å². The van der Waals surface area contributed by atoms with Crippen molar-refractivity contribution in [2.24, 2.45) is 5.92 Å². The number of carbonyl (C=O) groups excluding carboxylic acids is 1. The highest BCUT2D eigenvalue weighted by Gasteiger charge is 2.33. The standard InChI is InChI=1S/C15H24O3/c1-10(2)8-14(16)18-13-9-12(15(4,5)17)7-6-11(13)3/h6,8,12-13,17H,7,9H2,1-5H3. The van der Waals surface area contributed by atoms with Gasteiger partial charge in [-0.2, -0.15) is 0 Å². The van der Waals surface area contributed by atoms with E-state index in [9.17, 15) is 9.90 Å². The molecule has 3 nitrogen and oxygen atoms in total. The van der Waals surface area contributed by atoms with Crippen molar-refractivity contribution in [3.05, 3.63) is 23.3 Å². The van der Waals surface area contributed by atoms with Crippen molar-refractivity contribution in [2.75, 3.05) is 0 Å². The van der Waals surface area contributed by atoms with Gasteiger partial charge >= 0.3 is 5.97 Å². The van der Waals surface area contributed by atoms with E-state index in [2.05, 4.69) is 6.08 Å². The van der Waals surface area contributed by atoms with Crippen LogP contribution in [0.3, 0.4) is 0 Å². The largest absolute Gasteiger partial charge is 0.455 e. The van der Waals surface area contributed by atoms with Gasteiger partial charge in [0.15, 0.2) is 0 Å². The molecule has 3 heteroatoms. The Kier molecular flexibility index (Phi) is 4.74. The molecule has 0 bridgehead atoms. The van der Waals surface area contributed by atoms with Crippen LogP contribution in [0.4, 0.5) is 0 Å². The van der Waals surface area contributed by atoms with E-state index in [0.29, 0.717) is 6.42 Å². The molecule has 0 amide bonds. The van der Waals surface area contributed by atoms with Gasteiger partial charge in [-0.1, -0.05) is 11.6 Å². The van der Waals surface area contributed by atoms with Crippen LogP contribution in [-0.4, -0.2) is 22.8 Å². The summed E-state index contributed by atoms with van der Waals surface area (Å²) in [5.74, 6) is -0.171. The number of ether oxygens (including phenoxy) is 1. The third kappa shape index (κ3) is 4.30. The van der Waals surface area contributed by atoms with Crippen molar-refractivity contribution >= 4 is 5.97 Å². The molecule has 2 atom stereocenters. The minimum absolute atomic E-state index is 0.130. The monoisotopic (exact) mass is 252 g/mol. The predicted octanol–water partition coefficient (Wildman–Crippen LogP) is 2.99. The number of hydrogen-bond donors (Lipinski definition) is 1. The summed E-state index contributed by atoms with van der Waals surface area (Å²) in [5, 5.41) is 10.0. The topological polar surface area (TPSA) is 46.5 Å².